The predicted octanol–water partition coefficient (Wildman–Crippen LogP) is 4.44. The quantitative estimate of drug-likeness (QED) is 0.436. The molecular weight excluding hydrogens is 440 g/mol. The van der Waals surface area contributed by atoms with Crippen molar-refractivity contribution in [3.05, 3.63) is 76.8 Å². The molecule has 0 fully saturated rings. The zero-order valence-electron chi connectivity index (χ0n) is 18.8. The molecule has 9 heteroatoms. The highest BCUT2D eigenvalue weighted by Gasteiger charge is 2.17. The Labute approximate surface area is 192 Å². The van der Waals surface area contributed by atoms with Gasteiger partial charge in [-0.1, -0.05) is 6.07 Å². The molecule has 0 aliphatic rings. The number of aromatic nitrogens is 2. The summed E-state index contributed by atoms with van der Waals surface area (Å²) in [5, 5.41) is 3.74. The van der Waals surface area contributed by atoms with Gasteiger partial charge in [-0.2, -0.15) is 0 Å². The number of aryl methyl sites for hydroxylation is 4. The minimum absolute atomic E-state index is 0.0164. The lowest BCUT2D eigenvalue weighted by molar-refractivity contribution is -0.115. The number of carbonyl (C=O) groups is 1. The lowest BCUT2D eigenvalue weighted by Crippen LogP contribution is -2.16. The van der Waals surface area contributed by atoms with Crippen LogP contribution in [0.15, 0.2) is 58.0 Å². The van der Waals surface area contributed by atoms with Gasteiger partial charge < -0.3 is 9.73 Å². The summed E-state index contributed by atoms with van der Waals surface area (Å²) in [4.78, 5) is 20.8. The fourth-order valence-electron chi connectivity index (χ4n) is 3.80. The van der Waals surface area contributed by atoms with Gasteiger partial charge in [0.1, 0.15) is 5.58 Å². The topological polar surface area (TPSA) is 114 Å². The van der Waals surface area contributed by atoms with Gasteiger partial charge in [0, 0.05) is 28.0 Å². The molecule has 0 saturated carbocycles. The Morgan fingerprint density at radius 3 is 2.30 bits per heavy atom. The molecule has 4 rings (SSSR count). The first-order valence-corrected chi connectivity index (χ1v) is 11.8. The molecule has 0 radical (unpaired) electrons. The average Bonchev–Trinajstić information content (AvgIpc) is 3.09. The fourth-order valence-corrected chi connectivity index (χ4v) is 4.75. The number of benzene rings is 2. The van der Waals surface area contributed by atoms with Crippen molar-refractivity contribution in [3.63, 3.8) is 0 Å². The number of rotatable bonds is 6. The molecule has 1 amide bonds. The second-order valence-corrected chi connectivity index (χ2v) is 9.73. The number of nitrogens with one attached hydrogen (secondary N) is 2. The molecule has 8 nitrogen and oxygen atoms in total. The van der Waals surface area contributed by atoms with Crippen molar-refractivity contribution in [1.82, 2.24) is 9.97 Å². The normalized spacial score (nSPS) is 11.5. The Morgan fingerprint density at radius 2 is 1.64 bits per heavy atom. The smallest absolute Gasteiger partial charge is 0.264 e. The molecule has 4 aromatic rings. The molecule has 170 valence electrons. The molecule has 2 N–H and O–H groups in total. The van der Waals surface area contributed by atoms with Crippen molar-refractivity contribution in [1.29, 1.82) is 0 Å². The molecule has 0 saturated heterocycles. The van der Waals surface area contributed by atoms with Crippen molar-refractivity contribution in [2.75, 3.05) is 10.0 Å². The average molecular weight is 465 g/mol. The van der Waals surface area contributed by atoms with Crippen LogP contribution < -0.4 is 10.0 Å². The second kappa shape index (κ2) is 8.67. The summed E-state index contributed by atoms with van der Waals surface area (Å²) in [6.07, 6.45) is 1.75. The van der Waals surface area contributed by atoms with E-state index in [1.54, 1.807) is 26.2 Å². The van der Waals surface area contributed by atoms with Gasteiger partial charge in [0.25, 0.3) is 10.0 Å². The molecular formula is C24H24N4O4S. The Balaban J connectivity index is 1.45. The second-order valence-electron chi connectivity index (χ2n) is 8.05. The first kappa shape index (κ1) is 22.5. The van der Waals surface area contributed by atoms with E-state index in [-0.39, 0.29) is 23.2 Å². The molecule has 2 heterocycles. The van der Waals surface area contributed by atoms with E-state index in [1.165, 1.54) is 24.3 Å². The Bertz CT molecular complexity index is 1440. The number of amides is 1. The first-order valence-electron chi connectivity index (χ1n) is 10.3. The van der Waals surface area contributed by atoms with E-state index in [2.05, 4.69) is 26.1 Å². The van der Waals surface area contributed by atoms with Crippen molar-refractivity contribution in [2.24, 2.45) is 0 Å². The van der Waals surface area contributed by atoms with E-state index >= 15 is 0 Å². The van der Waals surface area contributed by atoms with Crippen LogP contribution in [0.25, 0.3) is 11.0 Å². The lowest BCUT2D eigenvalue weighted by Gasteiger charge is -2.09. The summed E-state index contributed by atoms with van der Waals surface area (Å²) in [7, 11) is -3.87. The summed E-state index contributed by atoms with van der Waals surface area (Å²) in [6.45, 7) is 7.51. The lowest BCUT2D eigenvalue weighted by atomic mass is 10.0. The van der Waals surface area contributed by atoms with E-state index in [9.17, 15) is 13.2 Å². The number of furan rings is 1. The van der Waals surface area contributed by atoms with Crippen LogP contribution >= 0.6 is 0 Å². The van der Waals surface area contributed by atoms with Crippen LogP contribution in [0.3, 0.4) is 0 Å². The van der Waals surface area contributed by atoms with Crippen molar-refractivity contribution in [2.45, 2.75) is 39.0 Å². The molecule has 0 aliphatic heterocycles. The van der Waals surface area contributed by atoms with Crippen LogP contribution in [-0.4, -0.2) is 24.3 Å². The van der Waals surface area contributed by atoms with Crippen molar-refractivity contribution >= 4 is 38.5 Å². The van der Waals surface area contributed by atoms with Gasteiger partial charge in [-0.05, 0) is 75.2 Å². The molecule has 2 aromatic carbocycles. The number of hydrogen-bond donors (Lipinski definition) is 2. The Morgan fingerprint density at radius 1 is 0.970 bits per heavy atom. The maximum absolute atomic E-state index is 12.7. The van der Waals surface area contributed by atoms with Crippen LogP contribution in [0.5, 0.6) is 0 Å². The molecule has 0 aliphatic carbocycles. The van der Waals surface area contributed by atoms with Gasteiger partial charge in [0.2, 0.25) is 11.9 Å². The molecule has 0 unspecified atom stereocenters. The number of hydrogen-bond acceptors (Lipinski definition) is 6. The maximum atomic E-state index is 12.7. The Kier molecular flexibility index (Phi) is 5.90. The minimum atomic E-state index is -3.87. The summed E-state index contributed by atoms with van der Waals surface area (Å²) < 4.78 is 33.3. The van der Waals surface area contributed by atoms with E-state index in [0.29, 0.717) is 17.1 Å². The van der Waals surface area contributed by atoms with Crippen LogP contribution in [0, 0.1) is 27.7 Å². The minimum Gasteiger partial charge on any atom is -0.464 e. The van der Waals surface area contributed by atoms with Gasteiger partial charge in [-0.3, -0.25) is 4.79 Å². The largest absolute Gasteiger partial charge is 0.464 e. The zero-order valence-corrected chi connectivity index (χ0v) is 19.6. The molecule has 0 spiro atoms. The summed E-state index contributed by atoms with van der Waals surface area (Å²) >= 11 is 0. The van der Waals surface area contributed by atoms with Crippen molar-refractivity contribution in [3.8, 4) is 0 Å². The van der Waals surface area contributed by atoms with Gasteiger partial charge in [0.15, 0.2) is 0 Å². The van der Waals surface area contributed by atoms with Gasteiger partial charge in [-0.15, -0.1) is 0 Å². The molecule has 2 aromatic heterocycles. The van der Waals surface area contributed by atoms with Crippen LogP contribution in [0.4, 0.5) is 11.6 Å². The summed E-state index contributed by atoms with van der Waals surface area (Å²) in [5.41, 5.74) is 5.52. The highest BCUT2D eigenvalue weighted by molar-refractivity contribution is 7.92. The fraction of sp³-hybridized carbons (Fsp3) is 0.208. The highest BCUT2D eigenvalue weighted by atomic mass is 32.2. The number of nitrogens with zero attached hydrogens (tertiary/aromatic N) is 2. The van der Waals surface area contributed by atoms with E-state index in [4.69, 9.17) is 4.42 Å². The summed E-state index contributed by atoms with van der Waals surface area (Å²) in [5.74, 6) is -0.210. The highest BCUT2D eigenvalue weighted by Crippen LogP contribution is 2.27. The Hall–Kier alpha value is -3.72. The van der Waals surface area contributed by atoms with Gasteiger partial charge >= 0.3 is 0 Å². The molecule has 0 bridgehead atoms. The van der Waals surface area contributed by atoms with Gasteiger partial charge in [0.05, 0.1) is 17.6 Å². The maximum Gasteiger partial charge on any atom is 0.264 e. The number of sulfonamides is 1. The van der Waals surface area contributed by atoms with E-state index in [1.807, 2.05) is 19.9 Å². The van der Waals surface area contributed by atoms with Crippen LogP contribution in [-0.2, 0) is 21.2 Å². The monoisotopic (exact) mass is 464 g/mol. The van der Waals surface area contributed by atoms with Crippen molar-refractivity contribution < 1.29 is 17.6 Å². The van der Waals surface area contributed by atoms with E-state index < -0.39 is 10.0 Å². The predicted molar refractivity (Wildman–Crippen MR) is 127 cm³/mol. The van der Waals surface area contributed by atoms with Crippen LogP contribution in [0.2, 0.25) is 0 Å². The van der Waals surface area contributed by atoms with Crippen LogP contribution in [0.1, 0.15) is 28.1 Å². The number of anilines is 2. The third-order valence-electron chi connectivity index (χ3n) is 5.10. The number of fused-ring (bicyclic) bond motifs is 1. The molecule has 33 heavy (non-hydrogen) atoms. The standard InChI is InChI=1S/C24H24N4O4S/c1-14-9-15(2)23-18(13-32-21(23)10-14)12-22(29)27-19-5-7-20(8-6-19)33(30,31)28-24-25-16(3)11-17(4)26-24/h5-11,13H,12H2,1-4H3,(H,27,29)(H,25,26,28). The number of carbonyl (C=O) groups excluding carboxylic acids is 1. The summed E-state index contributed by atoms with van der Waals surface area (Å²) in [6, 6.07) is 11.7. The van der Waals surface area contributed by atoms with Gasteiger partial charge in [-0.25, -0.2) is 23.1 Å². The SMILES string of the molecule is Cc1cc(C)c2c(CC(=O)Nc3ccc(S(=O)(=O)Nc4nc(C)cc(C)n4)cc3)coc2c1. The van der Waals surface area contributed by atoms with E-state index in [0.717, 1.165) is 27.7 Å². The third-order valence-corrected chi connectivity index (χ3v) is 6.44. The molecule has 0 atom stereocenters. The third kappa shape index (κ3) is 5.04. The zero-order chi connectivity index (χ0) is 23.8. The first-order chi connectivity index (χ1) is 15.6.